The molecule has 45 heavy (non-hydrogen) atoms. The van der Waals surface area contributed by atoms with E-state index in [2.05, 4.69) is 36.3 Å². The lowest BCUT2D eigenvalue weighted by Crippen LogP contribution is -2.47. The molecule has 8 heteroatoms. The Morgan fingerprint density at radius 1 is 0.844 bits per heavy atom. The Morgan fingerprint density at radius 2 is 1.56 bits per heavy atom. The highest BCUT2D eigenvalue weighted by molar-refractivity contribution is 6.09. The van der Waals surface area contributed by atoms with Gasteiger partial charge in [-0.05, 0) is 90.9 Å². The number of pyridine rings is 1. The summed E-state index contributed by atoms with van der Waals surface area (Å²) in [5.74, 6) is 0.712. The van der Waals surface area contributed by atoms with Gasteiger partial charge in [0.1, 0.15) is 5.75 Å². The van der Waals surface area contributed by atoms with E-state index in [1.807, 2.05) is 66.1 Å². The summed E-state index contributed by atoms with van der Waals surface area (Å²) in [6.45, 7) is 11.0. The first kappa shape index (κ1) is 30.2. The second-order valence-corrected chi connectivity index (χ2v) is 13.0. The summed E-state index contributed by atoms with van der Waals surface area (Å²) < 4.78 is 7.42. The van der Waals surface area contributed by atoms with Gasteiger partial charge in [-0.2, -0.15) is 0 Å². The zero-order chi connectivity index (χ0) is 31.7. The highest BCUT2D eigenvalue weighted by Crippen LogP contribution is 2.39. The average molecular weight is 605 g/mol. The molecular weight excluding hydrogens is 564 g/mol. The molecule has 0 saturated carbocycles. The van der Waals surface area contributed by atoms with Gasteiger partial charge in [-0.3, -0.25) is 14.4 Å². The van der Waals surface area contributed by atoms with Crippen LogP contribution in [0.3, 0.4) is 0 Å². The number of amides is 2. The van der Waals surface area contributed by atoms with Crippen LogP contribution >= 0.6 is 0 Å². The van der Waals surface area contributed by atoms with Crippen molar-refractivity contribution in [2.24, 2.45) is 5.92 Å². The zero-order valence-corrected chi connectivity index (χ0v) is 26.3. The highest BCUT2D eigenvalue weighted by atomic mass is 16.5. The van der Waals surface area contributed by atoms with Gasteiger partial charge >= 0.3 is 0 Å². The molecule has 2 aliphatic heterocycles. The number of hydrogen-bond acceptors (Lipinski definition) is 5. The number of fused-ring (bicyclic) bond motifs is 4. The van der Waals surface area contributed by atoms with Crippen molar-refractivity contribution < 1.29 is 14.3 Å². The summed E-state index contributed by atoms with van der Waals surface area (Å²) in [5.41, 5.74) is 5.27. The molecule has 2 amide bonds. The van der Waals surface area contributed by atoms with E-state index in [0.29, 0.717) is 48.1 Å². The molecule has 1 saturated heterocycles. The third kappa shape index (κ3) is 6.50. The average Bonchev–Trinajstić information content (AvgIpc) is 3.02. The van der Waals surface area contributed by atoms with Crippen LogP contribution in [0.15, 0.2) is 89.7 Å². The standard InChI is InChI=1S/C37H40N4O4/c1-5-45-30-16-14-29(15-17-30)38-36(44)26-11-18-33(31(20-26)39-35(43)25-9-12-28(13-10-25)37(2,3)4)40-21-24-19-27(23-40)32-7-6-8-34(42)41(32)22-24/h6-18,20,24,27H,5,19,21-23H2,1-4H3,(H,38,44)(H,39,43)/t24-,27+/m1/s1. The van der Waals surface area contributed by atoms with Gasteiger partial charge in [-0.15, -0.1) is 0 Å². The number of nitrogens with one attached hydrogen (secondary N) is 2. The second kappa shape index (κ2) is 12.3. The molecule has 8 nitrogen and oxygen atoms in total. The molecule has 0 spiro atoms. The molecule has 2 aliphatic rings. The third-order valence-electron chi connectivity index (χ3n) is 8.76. The molecule has 1 aromatic heterocycles. The number of nitrogens with zero attached hydrogens (tertiary/aromatic N) is 2. The van der Waals surface area contributed by atoms with Crippen molar-refractivity contribution in [1.82, 2.24) is 4.57 Å². The minimum absolute atomic E-state index is 0.0245. The minimum Gasteiger partial charge on any atom is -0.494 e. The monoisotopic (exact) mass is 604 g/mol. The van der Waals surface area contributed by atoms with E-state index in [1.165, 1.54) is 0 Å². The number of carbonyl (C=O) groups excluding carboxylic acids is 2. The second-order valence-electron chi connectivity index (χ2n) is 13.0. The van der Waals surface area contributed by atoms with Gasteiger partial charge in [0, 0.05) is 54.1 Å². The number of aromatic nitrogens is 1. The van der Waals surface area contributed by atoms with Gasteiger partial charge in [0.05, 0.1) is 18.0 Å². The van der Waals surface area contributed by atoms with Crippen LogP contribution in [0.25, 0.3) is 0 Å². The first-order valence-electron chi connectivity index (χ1n) is 15.6. The highest BCUT2D eigenvalue weighted by Gasteiger charge is 2.35. The lowest BCUT2D eigenvalue weighted by molar-refractivity contribution is 0.101. The summed E-state index contributed by atoms with van der Waals surface area (Å²) in [4.78, 5) is 41.8. The maximum atomic E-state index is 13.6. The summed E-state index contributed by atoms with van der Waals surface area (Å²) in [6.07, 6.45) is 1.02. The van der Waals surface area contributed by atoms with Crippen LogP contribution in [0.1, 0.15) is 72.0 Å². The largest absolute Gasteiger partial charge is 0.494 e. The van der Waals surface area contributed by atoms with Crippen molar-refractivity contribution in [1.29, 1.82) is 0 Å². The van der Waals surface area contributed by atoms with Crippen LogP contribution in [0.5, 0.6) is 5.75 Å². The van der Waals surface area contributed by atoms with Crippen molar-refractivity contribution in [3.63, 3.8) is 0 Å². The molecule has 0 aliphatic carbocycles. The molecule has 1 fully saturated rings. The van der Waals surface area contributed by atoms with Crippen molar-refractivity contribution in [3.8, 4) is 5.75 Å². The number of benzene rings is 3. The fourth-order valence-electron chi connectivity index (χ4n) is 6.47. The minimum atomic E-state index is -0.278. The molecule has 2 N–H and O–H groups in total. The maximum Gasteiger partial charge on any atom is 0.255 e. The third-order valence-corrected chi connectivity index (χ3v) is 8.76. The van der Waals surface area contributed by atoms with Crippen molar-refractivity contribution >= 4 is 28.9 Å². The molecule has 3 heterocycles. The number of anilines is 3. The van der Waals surface area contributed by atoms with Gasteiger partial charge in [0.2, 0.25) is 0 Å². The number of carbonyl (C=O) groups is 2. The Balaban J connectivity index is 1.30. The maximum absolute atomic E-state index is 13.6. The zero-order valence-electron chi connectivity index (χ0n) is 26.3. The summed E-state index contributed by atoms with van der Waals surface area (Å²) in [6, 6.07) is 25.9. The van der Waals surface area contributed by atoms with Gasteiger partial charge in [0.15, 0.2) is 0 Å². The van der Waals surface area contributed by atoms with Gasteiger partial charge in [0.25, 0.3) is 17.4 Å². The van der Waals surface area contributed by atoms with Gasteiger partial charge < -0.3 is 24.8 Å². The fraction of sp³-hybridized carbons (Fsp3) is 0.324. The van der Waals surface area contributed by atoms with Gasteiger partial charge in [-0.1, -0.05) is 39.0 Å². The quantitative estimate of drug-likeness (QED) is 0.246. The van der Waals surface area contributed by atoms with Gasteiger partial charge in [-0.25, -0.2) is 0 Å². The van der Waals surface area contributed by atoms with Crippen LogP contribution in [-0.4, -0.2) is 36.1 Å². The summed E-state index contributed by atoms with van der Waals surface area (Å²) in [7, 11) is 0. The number of piperidine rings is 1. The lowest BCUT2D eigenvalue weighted by atomic mass is 9.83. The van der Waals surface area contributed by atoms with Crippen LogP contribution in [0.4, 0.5) is 17.1 Å². The SMILES string of the molecule is CCOc1ccc(NC(=O)c2ccc(N3C[C@H]4C[C@@H](C3)c3cccc(=O)n3C4)c(NC(=O)c3ccc(C(C)(C)C)cc3)c2)cc1. The topological polar surface area (TPSA) is 92.7 Å². The molecule has 0 unspecified atom stereocenters. The molecular formula is C37H40N4O4. The Bertz CT molecular complexity index is 1770. The normalized spacial score (nSPS) is 17.3. The molecule has 2 bridgehead atoms. The van der Waals surface area contributed by atoms with E-state index in [4.69, 9.17) is 4.74 Å². The van der Waals surface area contributed by atoms with Crippen LogP contribution in [0, 0.1) is 5.92 Å². The predicted octanol–water partition coefficient (Wildman–Crippen LogP) is 6.67. The van der Waals surface area contributed by atoms with E-state index >= 15 is 0 Å². The predicted molar refractivity (Wildman–Crippen MR) is 179 cm³/mol. The number of ether oxygens (including phenoxy) is 1. The summed E-state index contributed by atoms with van der Waals surface area (Å²) in [5, 5.41) is 6.08. The van der Waals surface area contributed by atoms with Crippen LogP contribution in [-0.2, 0) is 12.0 Å². The molecule has 2 atom stereocenters. The van der Waals surface area contributed by atoms with E-state index in [0.717, 1.165) is 35.7 Å². The fourth-order valence-corrected chi connectivity index (χ4v) is 6.47. The Hall–Kier alpha value is -4.85. The van der Waals surface area contributed by atoms with Crippen LogP contribution in [0.2, 0.25) is 0 Å². The molecule has 3 aromatic carbocycles. The van der Waals surface area contributed by atoms with E-state index < -0.39 is 0 Å². The molecule has 4 aromatic rings. The smallest absolute Gasteiger partial charge is 0.255 e. The van der Waals surface area contributed by atoms with E-state index in [9.17, 15) is 14.4 Å². The van der Waals surface area contributed by atoms with E-state index in [-0.39, 0.29) is 28.7 Å². The Kier molecular flexibility index (Phi) is 8.23. The number of rotatable bonds is 7. The van der Waals surface area contributed by atoms with E-state index in [1.54, 1.807) is 30.3 Å². The Labute approximate surface area is 264 Å². The summed E-state index contributed by atoms with van der Waals surface area (Å²) >= 11 is 0. The molecule has 0 radical (unpaired) electrons. The first-order chi connectivity index (χ1) is 21.6. The molecule has 232 valence electrons. The van der Waals surface area contributed by atoms with Crippen molar-refractivity contribution in [3.05, 3.63) is 118 Å². The van der Waals surface area contributed by atoms with Crippen molar-refractivity contribution in [2.75, 3.05) is 35.2 Å². The molecule has 6 rings (SSSR count). The Morgan fingerprint density at radius 3 is 2.27 bits per heavy atom. The lowest BCUT2D eigenvalue weighted by Gasteiger charge is -2.44. The van der Waals surface area contributed by atoms with Crippen LogP contribution < -0.4 is 25.8 Å². The first-order valence-corrected chi connectivity index (χ1v) is 15.6. The van der Waals surface area contributed by atoms with Crippen molar-refractivity contribution in [2.45, 2.75) is 52.0 Å². The number of hydrogen-bond donors (Lipinski definition) is 2.